The fraction of sp³-hybridized carbons (Fsp3) is 0.375. The number of hydrogen-bond donors (Lipinski definition) is 1. The van der Waals surface area contributed by atoms with Crippen LogP contribution in [-0.2, 0) is 13.0 Å². The topological polar surface area (TPSA) is 96.1 Å². The van der Waals surface area contributed by atoms with E-state index in [1.165, 1.54) is 0 Å². The molecule has 0 fully saturated rings. The van der Waals surface area contributed by atoms with Gasteiger partial charge in [-0.05, 0) is 6.92 Å². The number of halogens is 1. The molecule has 8 heteroatoms. The maximum atomic E-state index is 11.4. The summed E-state index contributed by atoms with van der Waals surface area (Å²) in [5.41, 5.74) is 0. The van der Waals surface area contributed by atoms with Crippen LogP contribution in [0.25, 0.3) is 0 Å². The Morgan fingerprint density at radius 1 is 1.56 bits per heavy atom. The second-order valence-electron chi connectivity index (χ2n) is 2.63. The Labute approximate surface area is 91.0 Å². The Balaban J connectivity index is 0.000000181. The molecule has 84 valence electrons. The third-order valence-electron chi connectivity index (χ3n) is 1.53. The molecule has 0 saturated heterocycles. The normalized spacial score (nSPS) is 9.06. The molecule has 0 radical (unpaired) electrons. The first-order chi connectivity index (χ1) is 7.76. The van der Waals surface area contributed by atoms with E-state index in [-0.39, 0.29) is 0 Å². The number of H-pyrrole nitrogens is 1. The second-order valence-corrected chi connectivity index (χ2v) is 2.63. The van der Waals surface area contributed by atoms with Gasteiger partial charge in [0.15, 0.2) is 5.82 Å². The van der Waals surface area contributed by atoms with Crippen molar-refractivity contribution in [3.05, 3.63) is 24.6 Å². The van der Waals surface area contributed by atoms with E-state index < -0.39 is 6.08 Å². The fourth-order valence-electron chi connectivity index (χ4n) is 0.828. The third-order valence-corrected chi connectivity index (χ3v) is 1.53. The lowest BCUT2D eigenvalue weighted by Crippen LogP contribution is -1.94. The van der Waals surface area contributed by atoms with Crippen LogP contribution in [0.3, 0.4) is 0 Å². The summed E-state index contributed by atoms with van der Waals surface area (Å²) in [4.78, 5) is 6.99. The van der Waals surface area contributed by atoms with Crippen LogP contribution in [0.2, 0.25) is 0 Å². The van der Waals surface area contributed by atoms with Crippen molar-refractivity contribution in [1.29, 1.82) is 5.26 Å². The molecule has 0 aromatic carbocycles. The molecule has 0 bridgehead atoms. The summed E-state index contributed by atoms with van der Waals surface area (Å²) >= 11 is 0. The van der Waals surface area contributed by atoms with Crippen molar-refractivity contribution in [2.75, 3.05) is 0 Å². The summed E-state index contributed by atoms with van der Waals surface area (Å²) in [6, 6.07) is 1.98. The van der Waals surface area contributed by atoms with E-state index in [0.29, 0.717) is 12.2 Å². The Kier molecular flexibility index (Phi) is 4.59. The van der Waals surface area contributed by atoms with E-state index in [1.807, 2.05) is 18.1 Å². The van der Waals surface area contributed by atoms with Crippen molar-refractivity contribution in [3.63, 3.8) is 0 Å². The van der Waals surface area contributed by atoms with Crippen molar-refractivity contribution in [1.82, 2.24) is 29.9 Å². The number of aryl methyl sites for hydroxylation is 1. The van der Waals surface area contributed by atoms with Gasteiger partial charge >= 0.3 is 6.08 Å². The molecular formula is C8H10FN7. The molecule has 7 nitrogen and oxygen atoms in total. The summed E-state index contributed by atoms with van der Waals surface area (Å²) in [5.74, 6) is 0.601. The van der Waals surface area contributed by atoms with Gasteiger partial charge < -0.3 is 0 Å². The van der Waals surface area contributed by atoms with Crippen molar-refractivity contribution >= 4 is 0 Å². The number of hydrogen-bond acceptors (Lipinski definition) is 5. The van der Waals surface area contributed by atoms with E-state index in [9.17, 15) is 4.39 Å². The Morgan fingerprint density at radius 3 is 2.75 bits per heavy atom. The minimum Gasteiger partial charge on any atom is -0.253 e. The zero-order chi connectivity index (χ0) is 11.8. The van der Waals surface area contributed by atoms with Crippen LogP contribution in [0, 0.1) is 17.4 Å². The lowest BCUT2D eigenvalue weighted by molar-refractivity contribution is 0.544. The zero-order valence-electron chi connectivity index (χ0n) is 8.63. The number of nitriles is 1. The van der Waals surface area contributed by atoms with Gasteiger partial charge in [0.1, 0.15) is 12.7 Å². The third kappa shape index (κ3) is 3.83. The molecule has 0 spiro atoms. The van der Waals surface area contributed by atoms with Gasteiger partial charge in [0.2, 0.25) is 0 Å². The lowest BCUT2D eigenvalue weighted by Gasteiger charge is -1.87. The average molecular weight is 223 g/mol. The minimum atomic E-state index is -0.644. The Morgan fingerprint density at radius 2 is 2.38 bits per heavy atom. The second kappa shape index (κ2) is 6.23. The molecule has 0 saturated carbocycles. The van der Waals surface area contributed by atoms with Gasteiger partial charge in [-0.3, -0.25) is 4.68 Å². The number of aromatic nitrogens is 6. The maximum Gasteiger partial charge on any atom is 0.304 e. The van der Waals surface area contributed by atoms with Crippen LogP contribution in [0.5, 0.6) is 0 Å². The monoisotopic (exact) mass is 223 g/mol. The van der Waals surface area contributed by atoms with Gasteiger partial charge in [0, 0.05) is 6.54 Å². The highest BCUT2D eigenvalue weighted by molar-refractivity contribution is 4.91. The Bertz CT molecular complexity index is 441. The summed E-state index contributed by atoms with van der Waals surface area (Å²) < 4.78 is 13.1. The van der Waals surface area contributed by atoms with E-state index in [0.717, 1.165) is 12.9 Å². The number of nitrogens with zero attached hydrogens (tertiary/aromatic N) is 6. The molecule has 0 aliphatic rings. The van der Waals surface area contributed by atoms with Crippen molar-refractivity contribution in [2.24, 2.45) is 0 Å². The van der Waals surface area contributed by atoms with E-state index in [2.05, 4.69) is 20.2 Å². The van der Waals surface area contributed by atoms with Gasteiger partial charge in [-0.15, -0.1) is 0 Å². The molecule has 0 unspecified atom stereocenters. The summed E-state index contributed by atoms with van der Waals surface area (Å²) in [7, 11) is 0. The van der Waals surface area contributed by atoms with Gasteiger partial charge in [-0.25, -0.2) is 10.1 Å². The average Bonchev–Trinajstić information content (AvgIpc) is 2.91. The van der Waals surface area contributed by atoms with Crippen LogP contribution < -0.4 is 0 Å². The highest BCUT2D eigenvalue weighted by Crippen LogP contribution is 1.88. The van der Waals surface area contributed by atoms with Crippen LogP contribution >= 0.6 is 0 Å². The zero-order valence-corrected chi connectivity index (χ0v) is 8.63. The first-order valence-electron chi connectivity index (χ1n) is 4.52. The fourth-order valence-corrected chi connectivity index (χ4v) is 0.828. The largest absolute Gasteiger partial charge is 0.304 e. The van der Waals surface area contributed by atoms with Gasteiger partial charge in [-0.1, -0.05) is 0 Å². The predicted molar refractivity (Wildman–Crippen MR) is 51.4 cm³/mol. The quantitative estimate of drug-likeness (QED) is 0.790. The molecule has 2 heterocycles. The Hall–Kier alpha value is -2.30. The highest BCUT2D eigenvalue weighted by atomic mass is 19.1. The first-order valence-corrected chi connectivity index (χ1v) is 4.52. The standard InChI is InChI=1S/C6H8N4.C2H2FN3/c1-2-10-5-8-6(9-10)3-4-7;3-2-4-1-5-6-2/h5H,2-3H2,1H3;1H,(H,4,5,6). The van der Waals surface area contributed by atoms with Gasteiger partial charge in [0.25, 0.3) is 0 Å². The maximum absolute atomic E-state index is 11.4. The molecule has 2 aromatic heterocycles. The molecular weight excluding hydrogens is 213 g/mol. The van der Waals surface area contributed by atoms with E-state index >= 15 is 0 Å². The molecule has 2 rings (SSSR count). The van der Waals surface area contributed by atoms with Crippen molar-refractivity contribution in [3.8, 4) is 6.07 Å². The van der Waals surface area contributed by atoms with Crippen molar-refractivity contribution < 1.29 is 4.39 Å². The molecule has 0 aliphatic heterocycles. The van der Waals surface area contributed by atoms with Crippen LogP contribution in [0.15, 0.2) is 12.7 Å². The van der Waals surface area contributed by atoms with E-state index in [4.69, 9.17) is 5.26 Å². The number of nitrogens with one attached hydrogen (secondary N) is 1. The van der Waals surface area contributed by atoms with Crippen LogP contribution in [0.4, 0.5) is 4.39 Å². The molecule has 16 heavy (non-hydrogen) atoms. The summed E-state index contributed by atoms with van der Waals surface area (Å²) in [6.45, 7) is 2.78. The first kappa shape index (κ1) is 11.8. The van der Waals surface area contributed by atoms with Gasteiger partial charge in [0.05, 0.1) is 12.5 Å². The van der Waals surface area contributed by atoms with Gasteiger partial charge in [-0.2, -0.15) is 24.8 Å². The smallest absolute Gasteiger partial charge is 0.253 e. The lowest BCUT2D eigenvalue weighted by atomic mass is 10.5. The van der Waals surface area contributed by atoms with Crippen LogP contribution in [0.1, 0.15) is 12.7 Å². The molecule has 0 amide bonds. The van der Waals surface area contributed by atoms with E-state index in [1.54, 1.807) is 11.0 Å². The van der Waals surface area contributed by atoms with Crippen molar-refractivity contribution in [2.45, 2.75) is 19.9 Å². The highest BCUT2D eigenvalue weighted by Gasteiger charge is 1.95. The predicted octanol–water partition coefficient (Wildman–Crippen LogP) is 0.308. The molecule has 2 aromatic rings. The number of aromatic amines is 1. The molecule has 0 aliphatic carbocycles. The minimum absolute atomic E-state index is 0.299. The molecule has 0 atom stereocenters. The number of rotatable bonds is 2. The SMILES string of the molecule is CCn1cnc(CC#N)n1.Fc1ncn[nH]1. The summed E-state index contributed by atoms with van der Waals surface area (Å²) in [6.07, 6.45) is 2.39. The van der Waals surface area contributed by atoms with Crippen LogP contribution in [-0.4, -0.2) is 29.9 Å². The summed E-state index contributed by atoms with van der Waals surface area (Å²) in [5, 5.41) is 17.4. The molecule has 1 N–H and O–H groups in total.